The number of pyridine rings is 1. The van der Waals surface area contributed by atoms with E-state index in [0.717, 1.165) is 0 Å². The second kappa shape index (κ2) is 3.71. The second-order valence-electron chi connectivity index (χ2n) is 2.22. The molecule has 0 amide bonds. The van der Waals surface area contributed by atoms with Crippen molar-refractivity contribution >= 4 is 10.0 Å². The highest BCUT2D eigenvalue weighted by atomic mass is 32.2. The highest BCUT2D eigenvalue weighted by Gasteiger charge is 2.17. The van der Waals surface area contributed by atoms with Gasteiger partial charge >= 0.3 is 0 Å². The van der Waals surface area contributed by atoms with Gasteiger partial charge in [0.15, 0.2) is 0 Å². The highest BCUT2D eigenvalue weighted by molar-refractivity contribution is 7.89. The summed E-state index contributed by atoms with van der Waals surface area (Å²) in [5.74, 6) is 0.0943. The number of rotatable bonds is 3. The van der Waals surface area contributed by atoms with Gasteiger partial charge in [0.25, 0.3) is 0 Å². The molecule has 0 saturated carbocycles. The minimum Gasteiger partial charge on any atom is -0.480 e. The van der Waals surface area contributed by atoms with Crippen LogP contribution in [0.3, 0.4) is 0 Å². The molecule has 0 radical (unpaired) electrons. The first-order valence-corrected chi connectivity index (χ1v) is 5.02. The third-order valence-electron chi connectivity index (χ3n) is 1.49. The van der Waals surface area contributed by atoms with Crippen molar-refractivity contribution < 1.29 is 13.2 Å². The van der Waals surface area contributed by atoms with Crippen LogP contribution >= 0.6 is 0 Å². The number of sulfonamides is 1. The van der Waals surface area contributed by atoms with Gasteiger partial charge in [-0.2, -0.15) is 0 Å². The minimum absolute atomic E-state index is 0.0417. The van der Waals surface area contributed by atoms with Crippen molar-refractivity contribution in [2.45, 2.75) is 4.90 Å². The zero-order chi connectivity index (χ0) is 9.90. The predicted octanol–water partition coefficient (Wildman–Crippen LogP) is -0.00170. The van der Waals surface area contributed by atoms with Gasteiger partial charge in [-0.3, -0.25) is 0 Å². The Hall–Kier alpha value is -1.14. The normalized spacial score (nSPS) is 11.2. The number of methoxy groups -OCH3 is 1. The Morgan fingerprint density at radius 1 is 1.54 bits per heavy atom. The number of aromatic nitrogens is 1. The van der Waals surface area contributed by atoms with Crippen LogP contribution in [-0.4, -0.2) is 27.6 Å². The lowest BCUT2D eigenvalue weighted by Gasteiger charge is -2.05. The average Bonchev–Trinajstić information content (AvgIpc) is 2.18. The van der Waals surface area contributed by atoms with E-state index in [4.69, 9.17) is 4.74 Å². The van der Waals surface area contributed by atoms with Crippen molar-refractivity contribution in [1.82, 2.24) is 9.71 Å². The molecule has 0 fully saturated rings. The molecule has 5 nitrogen and oxygen atoms in total. The average molecular weight is 202 g/mol. The summed E-state index contributed by atoms with van der Waals surface area (Å²) in [6.07, 6.45) is 1.47. The Labute approximate surface area is 76.8 Å². The Morgan fingerprint density at radius 2 is 2.23 bits per heavy atom. The summed E-state index contributed by atoms with van der Waals surface area (Å²) < 4.78 is 29.7. The largest absolute Gasteiger partial charge is 0.480 e. The predicted molar refractivity (Wildman–Crippen MR) is 47.0 cm³/mol. The number of nitrogens with one attached hydrogen (secondary N) is 1. The molecule has 0 aliphatic rings. The van der Waals surface area contributed by atoms with Crippen LogP contribution in [0.2, 0.25) is 0 Å². The van der Waals surface area contributed by atoms with Gasteiger partial charge in [0, 0.05) is 6.20 Å². The lowest BCUT2D eigenvalue weighted by molar-refractivity contribution is 0.385. The van der Waals surface area contributed by atoms with Crippen molar-refractivity contribution in [2.24, 2.45) is 0 Å². The SMILES string of the molecule is CNS(=O)(=O)c1cccnc1OC. The monoisotopic (exact) mass is 202 g/mol. The van der Waals surface area contributed by atoms with Crippen LogP contribution < -0.4 is 9.46 Å². The van der Waals surface area contributed by atoms with Gasteiger partial charge in [-0.1, -0.05) is 0 Å². The number of hydrogen-bond acceptors (Lipinski definition) is 4. The van der Waals surface area contributed by atoms with Gasteiger partial charge in [0.2, 0.25) is 15.9 Å². The lowest BCUT2D eigenvalue weighted by Crippen LogP contribution is -2.19. The topological polar surface area (TPSA) is 68.3 Å². The van der Waals surface area contributed by atoms with E-state index in [2.05, 4.69) is 9.71 Å². The van der Waals surface area contributed by atoms with E-state index in [0.29, 0.717) is 0 Å². The van der Waals surface area contributed by atoms with Gasteiger partial charge in [0.1, 0.15) is 4.90 Å². The molecule has 13 heavy (non-hydrogen) atoms. The van der Waals surface area contributed by atoms with Crippen molar-refractivity contribution in [1.29, 1.82) is 0 Å². The molecular weight excluding hydrogens is 192 g/mol. The molecule has 1 aromatic heterocycles. The molecule has 0 spiro atoms. The third-order valence-corrected chi connectivity index (χ3v) is 2.92. The van der Waals surface area contributed by atoms with Crippen molar-refractivity contribution in [3.8, 4) is 5.88 Å². The van der Waals surface area contributed by atoms with E-state index in [9.17, 15) is 8.42 Å². The summed E-state index contributed by atoms with van der Waals surface area (Å²) in [4.78, 5) is 3.81. The van der Waals surface area contributed by atoms with Crippen LogP contribution in [0.25, 0.3) is 0 Å². The number of ether oxygens (including phenoxy) is 1. The van der Waals surface area contributed by atoms with Crippen LogP contribution in [0.1, 0.15) is 0 Å². The van der Waals surface area contributed by atoms with Crippen LogP contribution in [0.15, 0.2) is 23.2 Å². The minimum atomic E-state index is -3.48. The molecule has 72 valence electrons. The molecule has 6 heteroatoms. The highest BCUT2D eigenvalue weighted by Crippen LogP contribution is 2.18. The molecular formula is C7H10N2O3S. The summed E-state index contributed by atoms with van der Waals surface area (Å²) in [6.45, 7) is 0. The first-order chi connectivity index (χ1) is 6.11. The molecule has 0 saturated heterocycles. The smallest absolute Gasteiger partial charge is 0.245 e. The Morgan fingerprint density at radius 3 is 2.77 bits per heavy atom. The molecule has 0 bridgehead atoms. The fourth-order valence-corrected chi connectivity index (χ4v) is 1.69. The van der Waals surface area contributed by atoms with Gasteiger partial charge in [-0.25, -0.2) is 18.1 Å². The lowest BCUT2D eigenvalue weighted by atomic mass is 10.5. The van der Waals surface area contributed by atoms with Gasteiger partial charge in [0.05, 0.1) is 7.11 Å². The Bertz CT molecular complexity index is 388. The maximum Gasteiger partial charge on any atom is 0.245 e. The number of nitrogens with zero attached hydrogens (tertiary/aromatic N) is 1. The van der Waals surface area contributed by atoms with Crippen LogP contribution in [0.5, 0.6) is 5.88 Å². The summed E-state index contributed by atoms with van der Waals surface area (Å²) in [5.41, 5.74) is 0. The van der Waals surface area contributed by atoms with Gasteiger partial charge in [-0.15, -0.1) is 0 Å². The standard InChI is InChI=1S/C7H10N2O3S/c1-8-13(10,11)6-4-3-5-9-7(6)12-2/h3-5,8H,1-2H3. The molecule has 1 rings (SSSR count). The molecule has 1 aromatic rings. The Balaban J connectivity index is 3.29. The van der Waals surface area contributed by atoms with E-state index in [1.165, 1.54) is 32.5 Å². The quantitative estimate of drug-likeness (QED) is 0.749. The molecule has 1 heterocycles. The van der Waals surface area contributed by atoms with Crippen LogP contribution in [0.4, 0.5) is 0 Å². The first-order valence-electron chi connectivity index (χ1n) is 3.54. The van der Waals surface area contributed by atoms with E-state index in [1.54, 1.807) is 0 Å². The fraction of sp³-hybridized carbons (Fsp3) is 0.286. The van der Waals surface area contributed by atoms with Gasteiger partial charge in [-0.05, 0) is 19.2 Å². The molecule has 0 aliphatic carbocycles. The van der Waals surface area contributed by atoms with E-state index in [-0.39, 0.29) is 10.8 Å². The molecule has 0 aliphatic heterocycles. The summed E-state index contributed by atoms with van der Waals surface area (Å²) in [7, 11) is -0.771. The number of hydrogen-bond donors (Lipinski definition) is 1. The summed E-state index contributed by atoms with van der Waals surface area (Å²) in [6, 6.07) is 2.96. The summed E-state index contributed by atoms with van der Waals surface area (Å²) in [5, 5.41) is 0. The first kappa shape index (κ1) is 9.94. The van der Waals surface area contributed by atoms with Crippen molar-refractivity contribution in [3.05, 3.63) is 18.3 Å². The van der Waals surface area contributed by atoms with E-state index >= 15 is 0 Å². The van der Waals surface area contributed by atoms with Crippen molar-refractivity contribution in [2.75, 3.05) is 14.2 Å². The maximum atomic E-state index is 11.3. The molecule has 0 aromatic carbocycles. The van der Waals surface area contributed by atoms with Crippen LogP contribution in [-0.2, 0) is 10.0 Å². The Kier molecular flexibility index (Phi) is 2.84. The van der Waals surface area contributed by atoms with Crippen LogP contribution in [0, 0.1) is 0 Å². The zero-order valence-electron chi connectivity index (χ0n) is 7.31. The summed E-state index contributed by atoms with van der Waals surface area (Å²) >= 11 is 0. The molecule has 0 unspecified atom stereocenters. The van der Waals surface area contributed by atoms with E-state index in [1.807, 2.05) is 0 Å². The molecule has 1 N–H and O–H groups in total. The van der Waals surface area contributed by atoms with E-state index < -0.39 is 10.0 Å². The molecule has 0 atom stereocenters. The zero-order valence-corrected chi connectivity index (χ0v) is 8.13. The van der Waals surface area contributed by atoms with Gasteiger partial charge < -0.3 is 4.74 Å². The second-order valence-corrected chi connectivity index (χ2v) is 4.07. The fourth-order valence-electron chi connectivity index (χ4n) is 0.844. The maximum absolute atomic E-state index is 11.3. The third kappa shape index (κ3) is 1.96. The van der Waals surface area contributed by atoms with Crippen molar-refractivity contribution in [3.63, 3.8) is 0 Å².